The van der Waals surface area contributed by atoms with E-state index in [1.54, 1.807) is 24.1 Å². The lowest BCUT2D eigenvalue weighted by atomic mass is 10.0. The molecule has 4 heteroatoms. The van der Waals surface area contributed by atoms with Gasteiger partial charge in [-0.15, -0.1) is 0 Å². The number of phenolic OH excluding ortho intramolecular Hbond substituents is 1. The molecule has 4 nitrogen and oxygen atoms in total. The lowest BCUT2D eigenvalue weighted by Crippen LogP contribution is -2.37. The van der Waals surface area contributed by atoms with Crippen LogP contribution in [0.4, 0.5) is 10.5 Å². The third-order valence-corrected chi connectivity index (χ3v) is 4.31. The lowest BCUT2D eigenvalue weighted by Gasteiger charge is -2.19. The highest BCUT2D eigenvalue weighted by Gasteiger charge is 2.11. The second-order valence-electron chi connectivity index (χ2n) is 6.27. The summed E-state index contributed by atoms with van der Waals surface area (Å²) in [6.45, 7) is 2.89. The Balaban J connectivity index is 1.95. The minimum Gasteiger partial charge on any atom is -0.507 e. The largest absolute Gasteiger partial charge is 0.507 e. The number of benzene rings is 2. The maximum absolute atomic E-state index is 12.3. The van der Waals surface area contributed by atoms with E-state index in [1.807, 2.05) is 36.4 Å². The molecule has 2 N–H and O–H groups in total. The summed E-state index contributed by atoms with van der Waals surface area (Å²) in [5, 5.41) is 13.0. The second-order valence-corrected chi connectivity index (χ2v) is 6.27. The molecule has 2 amide bonds. The molecule has 0 saturated carbocycles. The number of amides is 2. The second kappa shape index (κ2) is 9.72. The minimum absolute atomic E-state index is 0.107. The van der Waals surface area contributed by atoms with E-state index in [-0.39, 0.29) is 11.8 Å². The number of aromatic hydroxyl groups is 1. The van der Waals surface area contributed by atoms with Crippen molar-refractivity contribution in [2.45, 2.75) is 39.0 Å². The highest BCUT2D eigenvalue weighted by Crippen LogP contribution is 2.30. The number of hydrogen-bond donors (Lipinski definition) is 2. The van der Waals surface area contributed by atoms with Crippen molar-refractivity contribution < 1.29 is 9.90 Å². The molecule has 0 heterocycles. The van der Waals surface area contributed by atoms with Crippen molar-refractivity contribution in [1.29, 1.82) is 0 Å². The van der Waals surface area contributed by atoms with Crippen molar-refractivity contribution in [1.82, 2.24) is 5.32 Å². The SMILES string of the molecule is CCCCCCCNC(=O)N(C)c1cccc(-c2ccccc2O)c1. The fourth-order valence-corrected chi connectivity index (χ4v) is 2.76. The van der Waals surface area contributed by atoms with E-state index in [1.165, 1.54) is 19.3 Å². The third kappa shape index (κ3) is 5.52. The Morgan fingerprint density at radius 2 is 1.80 bits per heavy atom. The van der Waals surface area contributed by atoms with E-state index in [9.17, 15) is 9.90 Å². The molecule has 0 aromatic heterocycles. The van der Waals surface area contributed by atoms with Crippen LogP contribution in [0.3, 0.4) is 0 Å². The van der Waals surface area contributed by atoms with Crippen LogP contribution in [0.1, 0.15) is 39.0 Å². The number of unbranched alkanes of at least 4 members (excludes halogenated alkanes) is 4. The highest BCUT2D eigenvalue weighted by molar-refractivity contribution is 5.92. The number of hydrogen-bond acceptors (Lipinski definition) is 2. The molecule has 0 aliphatic heterocycles. The fourth-order valence-electron chi connectivity index (χ4n) is 2.76. The number of carbonyl (C=O) groups is 1. The van der Waals surface area contributed by atoms with E-state index in [2.05, 4.69) is 12.2 Å². The molecule has 2 aromatic rings. The first-order valence-corrected chi connectivity index (χ1v) is 9.03. The summed E-state index contributed by atoms with van der Waals surface area (Å²) in [7, 11) is 1.76. The van der Waals surface area contributed by atoms with E-state index < -0.39 is 0 Å². The van der Waals surface area contributed by atoms with Gasteiger partial charge in [0, 0.05) is 24.8 Å². The average Bonchev–Trinajstić information content (AvgIpc) is 2.64. The van der Waals surface area contributed by atoms with Gasteiger partial charge in [0.05, 0.1) is 0 Å². The molecule has 0 bridgehead atoms. The number of rotatable bonds is 8. The maximum Gasteiger partial charge on any atom is 0.321 e. The third-order valence-electron chi connectivity index (χ3n) is 4.31. The van der Waals surface area contributed by atoms with E-state index in [0.29, 0.717) is 6.54 Å². The topological polar surface area (TPSA) is 52.6 Å². The summed E-state index contributed by atoms with van der Waals surface area (Å²) < 4.78 is 0. The molecule has 2 aromatic carbocycles. The van der Waals surface area contributed by atoms with Crippen molar-refractivity contribution in [2.24, 2.45) is 0 Å². The molecule has 25 heavy (non-hydrogen) atoms. The number of anilines is 1. The van der Waals surface area contributed by atoms with E-state index in [0.717, 1.165) is 29.7 Å². The molecule has 2 rings (SSSR count). The van der Waals surface area contributed by atoms with E-state index >= 15 is 0 Å². The molecule has 0 radical (unpaired) electrons. The Morgan fingerprint density at radius 1 is 1.04 bits per heavy atom. The van der Waals surface area contributed by atoms with E-state index in [4.69, 9.17) is 0 Å². The predicted octanol–water partition coefficient (Wildman–Crippen LogP) is 5.18. The zero-order chi connectivity index (χ0) is 18.1. The maximum atomic E-state index is 12.3. The lowest BCUT2D eigenvalue weighted by molar-refractivity contribution is 0.247. The first kappa shape index (κ1) is 18.8. The summed E-state index contributed by atoms with van der Waals surface area (Å²) in [5.41, 5.74) is 2.44. The van der Waals surface area contributed by atoms with Crippen LogP contribution in [-0.4, -0.2) is 24.7 Å². The van der Waals surface area contributed by atoms with Gasteiger partial charge in [-0.05, 0) is 30.2 Å². The quantitative estimate of drug-likeness (QED) is 0.651. The van der Waals surface area contributed by atoms with Gasteiger partial charge >= 0.3 is 6.03 Å². The van der Waals surface area contributed by atoms with Crippen molar-refractivity contribution in [3.05, 3.63) is 48.5 Å². The van der Waals surface area contributed by atoms with Crippen LogP contribution in [0.25, 0.3) is 11.1 Å². The molecule has 0 unspecified atom stereocenters. The number of para-hydroxylation sites is 1. The summed E-state index contributed by atoms with van der Waals surface area (Å²) in [6.07, 6.45) is 5.87. The van der Waals surface area contributed by atoms with Crippen molar-refractivity contribution >= 4 is 11.7 Å². The van der Waals surface area contributed by atoms with Crippen molar-refractivity contribution in [3.8, 4) is 16.9 Å². The van der Waals surface area contributed by atoms with Crippen LogP contribution in [-0.2, 0) is 0 Å². The van der Waals surface area contributed by atoms with Gasteiger partial charge in [0.2, 0.25) is 0 Å². The minimum atomic E-state index is -0.107. The van der Waals surface area contributed by atoms with Gasteiger partial charge < -0.3 is 10.4 Å². The van der Waals surface area contributed by atoms with Crippen LogP contribution in [0.2, 0.25) is 0 Å². The normalized spacial score (nSPS) is 10.5. The molecule has 0 fully saturated rings. The monoisotopic (exact) mass is 340 g/mol. The van der Waals surface area contributed by atoms with Crippen LogP contribution in [0, 0.1) is 0 Å². The summed E-state index contributed by atoms with van der Waals surface area (Å²) in [5.74, 6) is 0.235. The standard InChI is InChI=1S/C21H28N2O2/c1-3-4-5-6-9-15-22-21(25)23(2)18-12-10-11-17(16-18)19-13-7-8-14-20(19)24/h7-8,10-14,16,24H,3-6,9,15H2,1-2H3,(H,22,25). The van der Waals surface area contributed by atoms with Crippen LogP contribution in [0.5, 0.6) is 5.75 Å². The van der Waals surface area contributed by atoms with Gasteiger partial charge in [0.1, 0.15) is 5.75 Å². The Morgan fingerprint density at radius 3 is 2.56 bits per heavy atom. The van der Waals surface area contributed by atoms with Gasteiger partial charge in [0.25, 0.3) is 0 Å². The van der Waals surface area contributed by atoms with Crippen LogP contribution in [0.15, 0.2) is 48.5 Å². The number of nitrogens with zero attached hydrogens (tertiary/aromatic N) is 1. The van der Waals surface area contributed by atoms with Crippen LogP contribution < -0.4 is 10.2 Å². The molecule has 0 atom stereocenters. The first-order valence-electron chi connectivity index (χ1n) is 9.03. The Labute approximate surface area is 150 Å². The van der Waals surface area contributed by atoms with Crippen molar-refractivity contribution in [2.75, 3.05) is 18.5 Å². The molecule has 0 aliphatic rings. The fraction of sp³-hybridized carbons (Fsp3) is 0.381. The first-order chi connectivity index (χ1) is 12.1. The number of nitrogens with one attached hydrogen (secondary N) is 1. The molecule has 0 aliphatic carbocycles. The van der Waals surface area contributed by atoms with Gasteiger partial charge in [-0.25, -0.2) is 4.79 Å². The van der Waals surface area contributed by atoms with Gasteiger partial charge in [0.15, 0.2) is 0 Å². The van der Waals surface area contributed by atoms with Gasteiger partial charge in [-0.1, -0.05) is 62.9 Å². The van der Waals surface area contributed by atoms with Crippen LogP contribution >= 0.6 is 0 Å². The predicted molar refractivity (Wildman–Crippen MR) is 104 cm³/mol. The number of carbonyl (C=O) groups excluding carboxylic acids is 1. The number of urea groups is 1. The zero-order valence-electron chi connectivity index (χ0n) is 15.2. The van der Waals surface area contributed by atoms with Gasteiger partial charge in [-0.3, -0.25) is 4.90 Å². The van der Waals surface area contributed by atoms with Crippen molar-refractivity contribution in [3.63, 3.8) is 0 Å². The molecule has 0 spiro atoms. The van der Waals surface area contributed by atoms with Gasteiger partial charge in [-0.2, -0.15) is 0 Å². The summed E-state index contributed by atoms with van der Waals surface area (Å²) in [6, 6.07) is 14.7. The molecule has 134 valence electrons. The number of phenols is 1. The molecular weight excluding hydrogens is 312 g/mol. The smallest absolute Gasteiger partial charge is 0.321 e. The Kier molecular flexibility index (Phi) is 7.33. The molecular formula is C21H28N2O2. The Bertz CT molecular complexity index is 685. The summed E-state index contributed by atoms with van der Waals surface area (Å²) >= 11 is 0. The highest BCUT2D eigenvalue weighted by atomic mass is 16.3. The average molecular weight is 340 g/mol. The zero-order valence-corrected chi connectivity index (χ0v) is 15.2. The summed E-state index contributed by atoms with van der Waals surface area (Å²) in [4.78, 5) is 13.9. The molecule has 0 saturated heterocycles. The Hall–Kier alpha value is -2.49.